The number of nitrogen functional groups attached to an aromatic ring is 1. The minimum Gasteiger partial charge on any atom is -0.383 e. The summed E-state index contributed by atoms with van der Waals surface area (Å²) in [5.74, 6) is 1.24. The number of fused-ring (bicyclic) bond motifs is 1. The molecule has 0 atom stereocenters. The molecule has 2 saturated heterocycles. The van der Waals surface area contributed by atoms with E-state index in [9.17, 15) is 0 Å². The maximum Gasteiger partial charge on any atom is 0.228 e. The standard InChI is InChI=1S/C15H19N5O/c1-19-6-7-21-15(8-19)9-20(10-15)14-17-12-5-3-2-4-11(12)13(16)18-14/h2-5H,6-10H2,1H3,(H2,16,17,18). The van der Waals surface area contributed by atoms with Crippen molar-refractivity contribution in [1.29, 1.82) is 0 Å². The summed E-state index contributed by atoms with van der Waals surface area (Å²) in [6, 6.07) is 7.84. The molecule has 2 aromatic rings. The molecule has 6 heteroatoms. The van der Waals surface area contributed by atoms with Crippen LogP contribution in [0, 0.1) is 0 Å². The van der Waals surface area contributed by atoms with Crippen LogP contribution in [0.1, 0.15) is 0 Å². The Morgan fingerprint density at radius 2 is 2.00 bits per heavy atom. The van der Waals surface area contributed by atoms with Crippen LogP contribution in [0.4, 0.5) is 11.8 Å². The van der Waals surface area contributed by atoms with E-state index in [1.165, 1.54) is 0 Å². The first-order chi connectivity index (χ1) is 10.2. The van der Waals surface area contributed by atoms with Crippen LogP contribution in [0.5, 0.6) is 0 Å². The van der Waals surface area contributed by atoms with Gasteiger partial charge in [-0.05, 0) is 19.2 Å². The van der Waals surface area contributed by atoms with Gasteiger partial charge in [0.1, 0.15) is 11.4 Å². The van der Waals surface area contributed by atoms with Crippen molar-refractivity contribution >= 4 is 22.7 Å². The molecule has 0 amide bonds. The Bertz CT molecular complexity index is 683. The van der Waals surface area contributed by atoms with Crippen molar-refractivity contribution in [3.63, 3.8) is 0 Å². The summed E-state index contributed by atoms with van der Waals surface area (Å²) < 4.78 is 5.97. The first-order valence-corrected chi connectivity index (χ1v) is 7.25. The topological polar surface area (TPSA) is 67.5 Å². The van der Waals surface area contributed by atoms with Gasteiger partial charge < -0.3 is 20.3 Å². The number of nitrogens with two attached hydrogens (primary N) is 1. The third-order valence-electron chi connectivity index (χ3n) is 4.30. The Balaban J connectivity index is 1.59. The number of anilines is 2. The van der Waals surface area contributed by atoms with Gasteiger partial charge in [0.05, 0.1) is 25.2 Å². The average molecular weight is 285 g/mol. The minimum absolute atomic E-state index is 0.0588. The van der Waals surface area contributed by atoms with E-state index in [-0.39, 0.29) is 5.60 Å². The van der Waals surface area contributed by atoms with E-state index in [0.29, 0.717) is 11.8 Å². The predicted molar refractivity (Wildman–Crippen MR) is 82.3 cm³/mol. The molecule has 4 rings (SSSR count). The number of morpholine rings is 1. The molecule has 1 aromatic heterocycles. The summed E-state index contributed by atoms with van der Waals surface area (Å²) in [6.45, 7) is 4.42. The lowest BCUT2D eigenvalue weighted by atomic mass is 9.92. The Hall–Kier alpha value is -1.92. The smallest absolute Gasteiger partial charge is 0.228 e. The maximum atomic E-state index is 6.05. The number of aromatic nitrogens is 2. The normalized spacial score (nSPS) is 21.7. The van der Waals surface area contributed by atoms with E-state index < -0.39 is 0 Å². The summed E-state index contributed by atoms with van der Waals surface area (Å²) in [6.07, 6.45) is 0. The highest BCUT2D eigenvalue weighted by molar-refractivity contribution is 5.88. The van der Waals surface area contributed by atoms with Crippen LogP contribution in [0.2, 0.25) is 0 Å². The quantitative estimate of drug-likeness (QED) is 0.833. The van der Waals surface area contributed by atoms with E-state index in [4.69, 9.17) is 10.5 Å². The van der Waals surface area contributed by atoms with Crippen LogP contribution < -0.4 is 10.6 Å². The van der Waals surface area contributed by atoms with Crippen molar-refractivity contribution in [1.82, 2.24) is 14.9 Å². The third-order valence-corrected chi connectivity index (χ3v) is 4.30. The van der Waals surface area contributed by atoms with Gasteiger partial charge >= 0.3 is 0 Å². The second kappa shape index (κ2) is 4.54. The van der Waals surface area contributed by atoms with Crippen LogP contribution in [0.25, 0.3) is 10.9 Å². The largest absolute Gasteiger partial charge is 0.383 e. The Morgan fingerprint density at radius 1 is 1.19 bits per heavy atom. The molecule has 110 valence electrons. The highest BCUT2D eigenvalue weighted by Crippen LogP contribution is 2.32. The van der Waals surface area contributed by atoms with Crippen molar-refractivity contribution in [2.45, 2.75) is 5.60 Å². The first kappa shape index (κ1) is 12.8. The second-order valence-electron chi connectivity index (χ2n) is 6.05. The predicted octanol–water partition coefficient (Wildman–Crippen LogP) is 0.733. The van der Waals surface area contributed by atoms with Crippen molar-refractivity contribution in [3.05, 3.63) is 24.3 Å². The molecule has 2 fully saturated rings. The van der Waals surface area contributed by atoms with Gasteiger partial charge in [-0.3, -0.25) is 0 Å². The van der Waals surface area contributed by atoms with Crippen molar-refractivity contribution in [2.24, 2.45) is 0 Å². The van der Waals surface area contributed by atoms with E-state index in [1.54, 1.807) is 0 Å². The van der Waals surface area contributed by atoms with Crippen LogP contribution in [0.3, 0.4) is 0 Å². The zero-order valence-electron chi connectivity index (χ0n) is 12.1. The molecule has 2 N–H and O–H groups in total. The number of benzene rings is 1. The number of likely N-dealkylation sites (N-methyl/N-ethyl adjacent to an activating group) is 1. The fourth-order valence-corrected chi connectivity index (χ4v) is 3.25. The summed E-state index contributed by atoms with van der Waals surface area (Å²) in [5, 5.41) is 0.908. The van der Waals surface area contributed by atoms with Gasteiger partial charge in [-0.25, -0.2) is 4.98 Å². The van der Waals surface area contributed by atoms with Gasteiger partial charge in [-0.15, -0.1) is 0 Å². The average Bonchev–Trinajstić information content (AvgIpc) is 2.44. The van der Waals surface area contributed by atoms with Gasteiger partial charge in [0.15, 0.2) is 0 Å². The number of hydrogen-bond donors (Lipinski definition) is 1. The highest BCUT2D eigenvalue weighted by Gasteiger charge is 2.47. The Morgan fingerprint density at radius 3 is 2.81 bits per heavy atom. The zero-order valence-corrected chi connectivity index (χ0v) is 12.1. The molecular weight excluding hydrogens is 266 g/mol. The third kappa shape index (κ3) is 2.11. The highest BCUT2D eigenvalue weighted by atomic mass is 16.5. The van der Waals surface area contributed by atoms with Crippen LogP contribution >= 0.6 is 0 Å². The molecule has 0 bridgehead atoms. The lowest BCUT2D eigenvalue weighted by Crippen LogP contribution is -2.70. The van der Waals surface area contributed by atoms with Gasteiger partial charge in [-0.2, -0.15) is 4.98 Å². The van der Waals surface area contributed by atoms with Gasteiger partial charge in [-0.1, -0.05) is 12.1 Å². The van der Waals surface area contributed by atoms with Crippen LogP contribution in [-0.2, 0) is 4.74 Å². The second-order valence-corrected chi connectivity index (χ2v) is 6.05. The Labute approximate surface area is 123 Å². The van der Waals surface area contributed by atoms with E-state index in [2.05, 4.69) is 26.8 Å². The minimum atomic E-state index is -0.0588. The molecule has 21 heavy (non-hydrogen) atoms. The van der Waals surface area contributed by atoms with Gasteiger partial charge in [0.25, 0.3) is 0 Å². The van der Waals surface area contributed by atoms with Crippen LogP contribution in [0.15, 0.2) is 24.3 Å². The van der Waals surface area contributed by atoms with Crippen LogP contribution in [-0.4, -0.2) is 60.3 Å². The van der Waals surface area contributed by atoms with Crippen molar-refractivity contribution in [2.75, 3.05) is 50.5 Å². The zero-order chi connectivity index (χ0) is 14.4. The number of nitrogens with zero attached hydrogens (tertiary/aromatic N) is 4. The number of hydrogen-bond acceptors (Lipinski definition) is 6. The maximum absolute atomic E-state index is 6.05. The molecule has 0 unspecified atom stereocenters. The molecule has 1 aromatic carbocycles. The summed E-state index contributed by atoms with van der Waals surface area (Å²) in [7, 11) is 2.14. The fraction of sp³-hybridized carbons (Fsp3) is 0.467. The summed E-state index contributed by atoms with van der Waals surface area (Å²) in [4.78, 5) is 13.5. The lowest BCUT2D eigenvalue weighted by molar-refractivity contribution is -0.118. The molecule has 3 heterocycles. The SMILES string of the molecule is CN1CCOC2(C1)CN(c1nc(N)c3ccccc3n1)C2. The van der Waals surface area contributed by atoms with E-state index >= 15 is 0 Å². The van der Waals surface area contributed by atoms with Crippen molar-refractivity contribution in [3.8, 4) is 0 Å². The number of para-hydroxylation sites is 1. The first-order valence-electron chi connectivity index (χ1n) is 7.25. The molecular formula is C15H19N5O. The Kier molecular flexibility index (Phi) is 2.77. The molecule has 0 saturated carbocycles. The molecule has 0 aliphatic carbocycles. The van der Waals surface area contributed by atoms with E-state index in [1.807, 2.05) is 24.3 Å². The molecule has 0 radical (unpaired) electrons. The number of rotatable bonds is 1. The fourth-order valence-electron chi connectivity index (χ4n) is 3.25. The monoisotopic (exact) mass is 285 g/mol. The van der Waals surface area contributed by atoms with E-state index in [0.717, 1.165) is 43.7 Å². The lowest BCUT2D eigenvalue weighted by Gasteiger charge is -2.53. The molecule has 6 nitrogen and oxygen atoms in total. The molecule has 2 aliphatic heterocycles. The number of ether oxygens (including phenoxy) is 1. The molecule has 2 aliphatic rings. The molecule has 1 spiro atoms. The van der Waals surface area contributed by atoms with Gasteiger partial charge in [0.2, 0.25) is 5.95 Å². The summed E-state index contributed by atoms with van der Waals surface area (Å²) in [5.41, 5.74) is 6.88. The van der Waals surface area contributed by atoms with Crippen molar-refractivity contribution < 1.29 is 4.74 Å². The van der Waals surface area contributed by atoms with Gasteiger partial charge in [0, 0.05) is 18.5 Å². The summed E-state index contributed by atoms with van der Waals surface area (Å²) >= 11 is 0.